The lowest BCUT2D eigenvalue weighted by Crippen LogP contribution is -2.13. The van der Waals surface area contributed by atoms with Crippen molar-refractivity contribution in [2.75, 3.05) is 5.73 Å². The topological polar surface area (TPSA) is 86.2 Å². The molecule has 0 unspecified atom stereocenters. The van der Waals surface area contributed by atoms with E-state index in [0.717, 1.165) is 0 Å². The predicted octanol–water partition coefficient (Wildman–Crippen LogP) is 1.87. The minimum absolute atomic E-state index is 0.0857. The van der Waals surface area contributed by atoms with Crippen molar-refractivity contribution in [3.8, 4) is 11.1 Å². The average Bonchev–Trinajstić information content (AvgIpc) is 2.32. The molecule has 94 valence electrons. The summed E-state index contributed by atoms with van der Waals surface area (Å²) in [6.07, 6.45) is 0. The highest BCUT2D eigenvalue weighted by Gasteiger charge is 2.14. The second-order valence-electron chi connectivity index (χ2n) is 3.81. The molecule has 0 aliphatic heterocycles. The van der Waals surface area contributed by atoms with Gasteiger partial charge in [-0.05, 0) is 23.8 Å². The Bertz CT molecular complexity index is 697. The number of hydrogen-bond donors (Lipinski definition) is 3. The third-order valence-corrected chi connectivity index (χ3v) is 3.89. The van der Waals surface area contributed by atoms with Gasteiger partial charge in [-0.15, -0.1) is 12.6 Å². The van der Waals surface area contributed by atoms with Gasteiger partial charge in [0.15, 0.2) is 0 Å². The number of anilines is 1. The Morgan fingerprint density at radius 2 is 1.72 bits per heavy atom. The van der Waals surface area contributed by atoms with Gasteiger partial charge < -0.3 is 5.73 Å². The van der Waals surface area contributed by atoms with Gasteiger partial charge in [-0.25, -0.2) is 13.6 Å². The highest BCUT2D eigenvalue weighted by Crippen LogP contribution is 2.30. The average molecular weight is 280 g/mol. The molecule has 0 atom stereocenters. The predicted molar refractivity (Wildman–Crippen MR) is 74.9 cm³/mol. The third kappa shape index (κ3) is 2.50. The monoisotopic (exact) mass is 280 g/mol. The van der Waals surface area contributed by atoms with Crippen LogP contribution in [0.1, 0.15) is 0 Å². The van der Waals surface area contributed by atoms with Crippen LogP contribution < -0.4 is 10.9 Å². The van der Waals surface area contributed by atoms with Gasteiger partial charge >= 0.3 is 0 Å². The number of rotatable bonds is 2. The van der Waals surface area contributed by atoms with E-state index in [9.17, 15) is 8.42 Å². The Balaban J connectivity index is 2.68. The Morgan fingerprint density at radius 1 is 1.06 bits per heavy atom. The summed E-state index contributed by atoms with van der Waals surface area (Å²) in [5, 5.41) is 5.19. The van der Waals surface area contributed by atoms with E-state index in [1.165, 1.54) is 6.07 Å². The normalized spacial score (nSPS) is 11.4. The Labute approximate surface area is 111 Å². The molecule has 2 aromatic carbocycles. The highest BCUT2D eigenvalue weighted by atomic mass is 32.2. The van der Waals surface area contributed by atoms with E-state index < -0.39 is 10.0 Å². The molecular formula is C12H12N2O2S2. The van der Waals surface area contributed by atoms with Crippen LogP contribution in [0.15, 0.2) is 52.3 Å². The first-order chi connectivity index (χ1) is 8.39. The Morgan fingerprint density at radius 3 is 2.33 bits per heavy atom. The fourth-order valence-electron chi connectivity index (χ4n) is 1.66. The molecule has 0 aromatic heterocycles. The molecule has 2 aromatic rings. The number of hydrogen-bond acceptors (Lipinski definition) is 4. The first kappa shape index (κ1) is 12.9. The quantitative estimate of drug-likeness (QED) is 0.580. The number of nitrogen functional groups attached to an aromatic ring is 1. The standard InChI is InChI=1S/C12H12N2O2S2/c13-10-6-5-8(7-11(10)17)9-3-1-2-4-12(9)18(14,15)16/h1-7,17H,13H2,(H2,14,15,16). The first-order valence-corrected chi connectivity index (χ1v) is 7.09. The molecule has 4 N–H and O–H groups in total. The van der Waals surface area contributed by atoms with Crippen molar-refractivity contribution < 1.29 is 8.42 Å². The molecule has 6 heteroatoms. The molecule has 18 heavy (non-hydrogen) atoms. The van der Waals surface area contributed by atoms with Crippen molar-refractivity contribution in [1.29, 1.82) is 0 Å². The van der Waals surface area contributed by atoms with Gasteiger partial charge in [0.05, 0.1) is 4.90 Å². The minimum atomic E-state index is -3.76. The molecule has 0 heterocycles. The van der Waals surface area contributed by atoms with Crippen molar-refractivity contribution in [2.24, 2.45) is 5.14 Å². The first-order valence-electron chi connectivity index (χ1n) is 5.10. The third-order valence-electron chi connectivity index (χ3n) is 2.54. The molecule has 0 aliphatic carbocycles. The van der Waals surface area contributed by atoms with Gasteiger partial charge in [0.1, 0.15) is 0 Å². The summed E-state index contributed by atoms with van der Waals surface area (Å²) in [6.45, 7) is 0. The summed E-state index contributed by atoms with van der Waals surface area (Å²) in [6, 6.07) is 11.7. The van der Waals surface area contributed by atoms with Crippen LogP contribution >= 0.6 is 12.6 Å². The lowest BCUT2D eigenvalue weighted by atomic mass is 10.1. The summed E-state index contributed by atoms with van der Waals surface area (Å²) in [5.74, 6) is 0. The highest BCUT2D eigenvalue weighted by molar-refractivity contribution is 7.89. The van der Waals surface area contributed by atoms with Gasteiger partial charge in [-0.2, -0.15) is 0 Å². The number of thiol groups is 1. The maximum atomic E-state index is 11.5. The van der Waals surface area contributed by atoms with Crippen LogP contribution in [0.5, 0.6) is 0 Å². The van der Waals surface area contributed by atoms with Crippen LogP contribution in [-0.2, 0) is 10.0 Å². The molecule has 0 fully saturated rings. The zero-order valence-electron chi connectivity index (χ0n) is 9.37. The van der Waals surface area contributed by atoms with Crippen molar-refractivity contribution >= 4 is 28.3 Å². The van der Waals surface area contributed by atoms with E-state index in [-0.39, 0.29) is 4.90 Å². The number of nitrogens with two attached hydrogens (primary N) is 2. The fourth-order valence-corrected chi connectivity index (χ4v) is 2.64. The van der Waals surface area contributed by atoms with Crippen LogP contribution in [0.4, 0.5) is 5.69 Å². The number of sulfonamides is 1. The van der Waals surface area contributed by atoms with Crippen LogP contribution in [-0.4, -0.2) is 8.42 Å². The summed E-state index contributed by atoms with van der Waals surface area (Å²) < 4.78 is 23.0. The second kappa shape index (κ2) is 4.64. The summed E-state index contributed by atoms with van der Waals surface area (Å²) in [4.78, 5) is 0.680. The van der Waals surface area contributed by atoms with E-state index in [4.69, 9.17) is 10.9 Å². The van der Waals surface area contributed by atoms with Crippen molar-refractivity contribution in [2.45, 2.75) is 9.79 Å². The molecule has 0 radical (unpaired) electrons. The van der Waals surface area contributed by atoms with Gasteiger partial charge in [0.2, 0.25) is 10.0 Å². The van der Waals surface area contributed by atoms with Crippen molar-refractivity contribution in [1.82, 2.24) is 0 Å². The SMILES string of the molecule is Nc1ccc(-c2ccccc2S(N)(=O)=O)cc1S. The van der Waals surface area contributed by atoms with E-state index in [1.807, 2.05) is 0 Å². The summed E-state index contributed by atoms with van der Waals surface area (Å²) in [7, 11) is -3.76. The number of benzene rings is 2. The zero-order chi connectivity index (χ0) is 13.3. The van der Waals surface area contributed by atoms with Crippen molar-refractivity contribution in [3.05, 3.63) is 42.5 Å². The van der Waals surface area contributed by atoms with E-state index >= 15 is 0 Å². The smallest absolute Gasteiger partial charge is 0.238 e. The lowest BCUT2D eigenvalue weighted by Gasteiger charge is -2.09. The number of primary sulfonamides is 1. The Hall–Kier alpha value is -1.50. The van der Waals surface area contributed by atoms with Crippen molar-refractivity contribution in [3.63, 3.8) is 0 Å². The minimum Gasteiger partial charge on any atom is -0.398 e. The van der Waals surface area contributed by atoms with Gasteiger partial charge in [-0.3, -0.25) is 0 Å². The lowest BCUT2D eigenvalue weighted by molar-refractivity contribution is 0.598. The summed E-state index contributed by atoms with van der Waals surface area (Å²) >= 11 is 4.22. The van der Waals surface area contributed by atoms with Gasteiger partial charge in [0, 0.05) is 16.1 Å². The Kier molecular flexibility index (Phi) is 3.34. The van der Waals surface area contributed by atoms with Crippen LogP contribution in [0.2, 0.25) is 0 Å². The largest absolute Gasteiger partial charge is 0.398 e. The van der Waals surface area contributed by atoms with Crippen LogP contribution in [0, 0.1) is 0 Å². The van der Waals surface area contributed by atoms with Gasteiger partial charge in [-0.1, -0.05) is 24.3 Å². The van der Waals surface area contributed by atoms with E-state index in [2.05, 4.69) is 12.6 Å². The fraction of sp³-hybridized carbons (Fsp3) is 0. The molecule has 2 rings (SSSR count). The molecule has 0 saturated carbocycles. The molecule has 0 bridgehead atoms. The molecule has 0 spiro atoms. The van der Waals surface area contributed by atoms with E-state index in [0.29, 0.717) is 21.7 Å². The zero-order valence-corrected chi connectivity index (χ0v) is 11.1. The van der Waals surface area contributed by atoms with Gasteiger partial charge in [0.25, 0.3) is 0 Å². The molecule has 0 amide bonds. The van der Waals surface area contributed by atoms with Crippen LogP contribution in [0.3, 0.4) is 0 Å². The maximum Gasteiger partial charge on any atom is 0.238 e. The summed E-state index contributed by atoms with van der Waals surface area (Å²) in [5.41, 5.74) is 7.45. The molecular weight excluding hydrogens is 268 g/mol. The van der Waals surface area contributed by atoms with E-state index in [1.54, 1.807) is 36.4 Å². The molecule has 0 aliphatic rings. The molecule has 0 saturated heterocycles. The maximum absolute atomic E-state index is 11.5. The molecule has 4 nitrogen and oxygen atoms in total. The second-order valence-corrected chi connectivity index (χ2v) is 5.83. The van der Waals surface area contributed by atoms with Crippen LogP contribution in [0.25, 0.3) is 11.1 Å².